The number of anilines is 1. The van der Waals surface area contributed by atoms with Crippen molar-refractivity contribution in [1.29, 1.82) is 0 Å². The highest BCUT2D eigenvalue weighted by Crippen LogP contribution is 2.39. The Labute approximate surface area is 165 Å². The Morgan fingerprint density at radius 3 is 2.73 bits per heavy atom. The van der Waals surface area contributed by atoms with E-state index in [2.05, 4.69) is 63.2 Å². The molecule has 0 unspecified atom stereocenters. The molecular weight excluding hydrogens is 384 g/mol. The number of hydrogen-bond acceptors (Lipinski definition) is 8. The molecule has 26 heavy (non-hydrogen) atoms. The van der Waals surface area contributed by atoms with Crippen LogP contribution in [-0.4, -0.2) is 42.0 Å². The van der Waals surface area contributed by atoms with Crippen molar-refractivity contribution in [3.63, 3.8) is 0 Å². The van der Waals surface area contributed by atoms with Crippen LogP contribution in [0.1, 0.15) is 26.8 Å². The van der Waals surface area contributed by atoms with Crippen molar-refractivity contribution in [1.82, 2.24) is 25.0 Å². The van der Waals surface area contributed by atoms with Gasteiger partial charge in [-0.3, -0.25) is 4.57 Å². The third kappa shape index (κ3) is 3.89. The highest BCUT2D eigenvalue weighted by atomic mass is 32.2. The molecule has 0 bridgehead atoms. The number of aromatic nitrogens is 5. The van der Waals surface area contributed by atoms with Crippen LogP contribution in [0, 0.1) is 0 Å². The first-order chi connectivity index (χ1) is 12.5. The molecule has 1 atom stereocenters. The maximum Gasteiger partial charge on any atom is 0.206 e. The molecule has 9 heteroatoms. The Morgan fingerprint density at radius 2 is 1.96 bits per heavy atom. The maximum atomic E-state index is 4.41. The fourth-order valence-electron chi connectivity index (χ4n) is 2.66. The minimum atomic E-state index is -0.00840. The molecule has 0 radical (unpaired) electrons. The summed E-state index contributed by atoms with van der Waals surface area (Å²) in [4.78, 5) is 0. The van der Waals surface area contributed by atoms with Gasteiger partial charge in [0.25, 0.3) is 0 Å². The fraction of sp³-hybridized carbons (Fsp3) is 0.412. The van der Waals surface area contributed by atoms with E-state index in [1.807, 2.05) is 18.2 Å². The molecule has 0 spiro atoms. The Hall–Kier alpha value is -1.58. The highest BCUT2D eigenvalue weighted by molar-refractivity contribution is 8.01. The lowest BCUT2D eigenvalue weighted by molar-refractivity contribution is 0.597. The van der Waals surface area contributed by atoms with Crippen LogP contribution in [0.15, 0.2) is 39.8 Å². The molecule has 3 heterocycles. The van der Waals surface area contributed by atoms with Gasteiger partial charge in [0.2, 0.25) is 5.13 Å². The van der Waals surface area contributed by atoms with Crippen LogP contribution in [0.5, 0.6) is 0 Å². The first kappa shape index (κ1) is 17.8. The standard InChI is InChI=1S/C17H20N6S3/c1-17(2,3)18-14-20-22-16(26-14)25-10-12-9-24-15-21-19-13(23(12)15)11-7-5-4-6-8-11/h4-8,12H,9-10H2,1-3H3,(H,18,20)/t12-/m0/s1. The zero-order valence-corrected chi connectivity index (χ0v) is 17.3. The van der Waals surface area contributed by atoms with Crippen LogP contribution in [-0.2, 0) is 0 Å². The van der Waals surface area contributed by atoms with Crippen LogP contribution in [0.4, 0.5) is 5.13 Å². The van der Waals surface area contributed by atoms with E-state index in [0.717, 1.165) is 37.5 Å². The Bertz CT molecular complexity index is 884. The number of thioether (sulfide) groups is 2. The first-order valence-corrected chi connectivity index (χ1v) is 11.2. The Kier molecular flexibility index (Phi) is 4.94. The van der Waals surface area contributed by atoms with Gasteiger partial charge in [0, 0.05) is 22.6 Å². The summed E-state index contributed by atoms with van der Waals surface area (Å²) < 4.78 is 3.26. The van der Waals surface area contributed by atoms with Gasteiger partial charge < -0.3 is 5.32 Å². The van der Waals surface area contributed by atoms with Gasteiger partial charge in [0.05, 0.1) is 6.04 Å². The fourth-order valence-corrected chi connectivity index (χ4v) is 5.96. The van der Waals surface area contributed by atoms with E-state index >= 15 is 0 Å². The molecule has 1 aliphatic heterocycles. The summed E-state index contributed by atoms with van der Waals surface area (Å²) >= 11 is 5.13. The number of nitrogens with zero attached hydrogens (tertiary/aromatic N) is 5. The number of hydrogen-bond donors (Lipinski definition) is 1. The largest absolute Gasteiger partial charge is 0.355 e. The number of nitrogens with one attached hydrogen (secondary N) is 1. The summed E-state index contributed by atoms with van der Waals surface area (Å²) in [5, 5.41) is 22.6. The second kappa shape index (κ2) is 7.21. The molecule has 0 aliphatic carbocycles. The second-order valence-electron chi connectivity index (χ2n) is 7.07. The predicted octanol–water partition coefficient (Wildman–Crippen LogP) is 4.45. The van der Waals surface area contributed by atoms with E-state index in [4.69, 9.17) is 0 Å². The molecule has 0 saturated heterocycles. The van der Waals surface area contributed by atoms with Gasteiger partial charge in [-0.25, -0.2) is 0 Å². The quantitative estimate of drug-likeness (QED) is 0.630. The zero-order valence-electron chi connectivity index (χ0n) is 14.8. The van der Waals surface area contributed by atoms with Crippen molar-refractivity contribution in [2.45, 2.75) is 41.8 Å². The SMILES string of the molecule is CC(C)(C)Nc1nnc(SC[C@@H]2CSc3nnc(-c4ccccc4)n32)s1. The van der Waals surface area contributed by atoms with Crippen LogP contribution in [0.3, 0.4) is 0 Å². The van der Waals surface area contributed by atoms with E-state index in [1.165, 1.54) is 0 Å². The van der Waals surface area contributed by atoms with Crippen LogP contribution >= 0.6 is 34.9 Å². The van der Waals surface area contributed by atoms with Crippen LogP contribution < -0.4 is 5.32 Å². The average Bonchev–Trinajstić information content (AvgIpc) is 3.29. The predicted molar refractivity (Wildman–Crippen MR) is 109 cm³/mol. The molecule has 0 saturated carbocycles. The van der Waals surface area contributed by atoms with Crippen molar-refractivity contribution in [2.24, 2.45) is 0 Å². The van der Waals surface area contributed by atoms with Gasteiger partial charge in [-0.05, 0) is 20.8 Å². The van der Waals surface area contributed by atoms with Gasteiger partial charge in [0.15, 0.2) is 15.3 Å². The zero-order chi connectivity index (χ0) is 18.1. The smallest absolute Gasteiger partial charge is 0.206 e. The number of fused-ring (bicyclic) bond motifs is 1. The van der Waals surface area contributed by atoms with E-state index in [1.54, 1.807) is 34.9 Å². The molecule has 1 N–H and O–H groups in total. The average molecular weight is 405 g/mol. The lowest BCUT2D eigenvalue weighted by Crippen LogP contribution is -2.25. The van der Waals surface area contributed by atoms with Gasteiger partial charge in [0.1, 0.15) is 0 Å². The first-order valence-electron chi connectivity index (χ1n) is 8.37. The van der Waals surface area contributed by atoms with E-state index < -0.39 is 0 Å². The molecule has 1 aromatic carbocycles. The van der Waals surface area contributed by atoms with Gasteiger partial charge >= 0.3 is 0 Å². The molecule has 0 amide bonds. The van der Waals surface area contributed by atoms with Crippen molar-refractivity contribution in [2.75, 3.05) is 16.8 Å². The highest BCUT2D eigenvalue weighted by Gasteiger charge is 2.28. The summed E-state index contributed by atoms with van der Waals surface area (Å²) in [6, 6.07) is 10.6. The molecule has 0 fully saturated rings. The monoisotopic (exact) mass is 404 g/mol. The van der Waals surface area contributed by atoms with Gasteiger partial charge in [-0.15, -0.1) is 20.4 Å². The molecule has 6 nitrogen and oxygen atoms in total. The van der Waals surface area contributed by atoms with Crippen molar-refractivity contribution < 1.29 is 0 Å². The summed E-state index contributed by atoms with van der Waals surface area (Å²) in [6.07, 6.45) is 0. The molecule has 136 valence electrons. The molecular formula is C17H20N6S3. The summed E-state index contributed by atoms with van der Waals surface area (Å²) in [7, 11) is 0. The summed E-state index contributed by atoms with van der Waals surface area (Å²) in [6.45, 7) is 6.36. The normalized spacial score (nSPS) is 16.7. The third-order valence-electron chi connectivity index (χ3n) is 3.75. The number of rotatable bonds is 5. The Morgan fingerprint density at radius 1 is 1.15 bits per heavy atom. The van der Waals surface area contributed by atoms with E-state index in [-0.39, 0.29) is 5.54 Å². The molecule has 4 rings (SSSR count). The van der Waals surface area contributed by atoms with E-state index in [0.29, 0.717) is 6.04 Å². The Balaban J connectivity index is 1.47. The van der Waals surface area contributed by atoms with E-state index in [9.17, 15) is 0 Å². The molecule has 3 aromatic rings. The maximum absolute atomic E-state index is 4.41. The van der Waals surface area contributed by atoms with Crippen molar-refractivity contribution in [3.8, 4) is 11.4 Å². The molecule has 1 aliphatic rings. The topological polar surface area (TPSA) is 68.5 Å². The van der Waals surface area contributed by atoms with Gasteiger partial charge in [-0.1, -0.05) is 65.2 Å². The van der Waals surface area contributed by atoms with Crippen LogP contribution in [0.2, 0.25) is 0 Å². The lowest BCUT2D eigenvalue weighted by Gasteiger charge is -2.18. The summed E-state index contributed by atoms with van der Waals surface area (Å²) in [5.41, 5.74) is 1.10. The second-order valence-corrected chi connectivity index (χ2v) is 10.3. The lowest BCUT2D eigenvalue weighted by atomic mass is 10.1. The molecule has 2 aromatic heterocycles. The summed E-state index contributed by atoms with van der Waals surface area (Å²) in [5.74, 6) is 2.90. The minimum absolute atomic E-state index is 0.00840. The van der Waals surface area contributed by atoms with Crippen molar-refractivity contribution >= 4 is 40.0 Å². The minimum Gasteiger partial charge on any atom is -0.355 e. The third-order valence-corrected chi connectivity index (χ3v) is 6.96. The van der Waals surface area contributed by atoms with Gasteiger partial charge in [-0.2, -0.15) is 0 Å². The van der Waals surface area contributed by atoms with Crippen molar-refractivity contribution in [3.05, 3.63) is 30.3 Å². The van der Waals surface area contributed by atoms with Crippen LogP contribution in [0.25, 0.3) is 11.4 Å². The number of benzene rings is 1.